The summed E-state index contributed by atoms with van der Waals surface area (Å²) in [6.45, 7) is 1.67. The van der Waals surface area contributed by atoms with Gasteiger partial charge in [-0.05, 0) is 59.7 Å². The van der Waals surface area contributed by atoms with Gasteiger partial charge in [0.15, 0.2) is 0 Å². The molecule has 3 rings (SSSR count). The second kappa shape index (κ2) is 9.19. The average Bonchev–Trinajstić information content (AvgIpc) is 2.70. The zero-order chi connectivity index (χ0) is 19.1. The highest BCUT2D eigenvalue weighted by molar-refractivity contribution is 6.30. The molecule has 3 heteroatoms. The third-order valence-corrected chi connectivity index (χ3v) is 4.58. The summed E-state index contributed by atoms with van der Waals surface area (Å²) in [4.78, 5) is 2.29. The van der Waals surface area contributed by atoms with Crippen molar-refractivity contribution in [1.82, 2.24) is 4.90 Å². The van der Waals surface area contributed by atoms with E-state index in [-0.39, 0.29) is 0 Å². The first-order chi connectivity index (χ1) is 13.1. The Labute approximate surface area is 166 Å². The summed E-state index contributed by atoms with van der Waals surface area (Å²) in [5.41, 5.74) is 5.36. The summed E-state index contributed by atoms with van der Waals surface area (Å²) in [6.07, 6.45) is 2.18. The number of rotatable bonds is 6. The van der Waals surface area contributed by atoms with Crippen molar-refractivity contribution in [3.63, 3.8) is 0 Å². The Morgan fingerprint density at radius 1 is 0.963 bits per heavy atom. The first-order valence-electron chi connectivity index (χ1n) is 8.83. The first-order valence-corrected chi connectivity index (χ1v) is 9.21. The van der Waals surface area contributed by atoms with Gasteiger partial charge in [0.05, 0.1) is 11.6 Å². The third kappa shape index (κ3) is 5.56. The fourth-order valence-electron chi connectivity index (χ4n) is 2.98. The summed E-state index contributed by atoms with van der Waals surface area (Å²) in [7, 11) is 2.12. The van der Waals surface area contributed by atoms with Crippen molar-refractivity contribution in [2.75, 3.05) is 13.6 Å². The molecule has 0 spiro atoms. The van der Waals surface area contributed by atoms with Gasteiger partial charge in [-0.3, -0.25) is 4.90 Å². The minimum Gasteiger partial charge on any atom is -0.298 e. The van der Waals surface area contributed by atoms with Gasteiger partial charge in [0.25, 0.3) is 0 Å². The standard InChI is InChI=1S/C24H21ClN2/c1-27(17-21-5-3-2-4-6-21)18-23(15-19-9-13-24(25)14-10-19)22-11-7-20(16-26)8-12-22/h2-15H,17-18H2,1H3/b23-15-. The van der Waals surface area contributed by atoms with Crippen molar-refractivity contribution in [1.29, 1.82) is 5.26 Å². The molecule has 0 unspecified atom stereocenters. The topological polar surface area (TPSA) is 27.0 Å². The second-order valence-electron chi connectivity index (χ2n) is 6.57. The molecular formula is C24H21ClN2. The van der Waals surface area contributed by atoms with E-state index in [1.54, 1.807) is 0 Å². The van der Waals surface area contributed by atoms with Crippen LogP contribution in [-0.4, -0.2) is 18.5 Å². The van der Waals surface area contributed by atoms with Crippen LogP contribution < -0.4 is 0 Å². The van der Waals surface area contributed by atoms with Gasteiger partial charge in [-0.25, -0.2) is 0 Å². The molecule has 0 radical (unpaired) electrons. The summed E-state index contributed by atoms with van der Waals surface area (Å²) in [6, 6.07) is 28.2. The number of nitrogens with zero attached hydrogens (tertiary/aromatic N) is 2. The largest absolute Gasteiger partial charge is 0.298 e. The molecule has 0 aliphatic heterocycles. The van der Waals surface area contributed by atoms with Gasteiger partial charge in [0.2, 0.25) is 0 Å². The number of likely N-dealkylation sites (N-methyl/N-ethyl adjacent to an activating group) is 1. The summed E-state index contributed by atoms with van der Waals surface area (Å²) < 4.78 is 0. The molecule has 2 nitrogen and oxygen atoms in total. The van der Waals surface area contributed by atoms with Crippen LogP contribution >= 0.6 is 11.6 Å². The summed E-state index contributed by atoms with van der Waals surface area (Å²) in [5.74, 6) is 0. The maximum Gasteiger partial charge on any atom is 0.0991 e. The van der Waals surface area contributed by atoms with Crippen molar-refractivity contribution in [2.45, 2.75) is 6.54 Å². The quantitative estimate of drug-likeness (QED) is 0.505. The van der Waals surface area contributed by atoms with Crippen LogP contribution in [0, 0.1) is 11.3 Å². The molecule has 0 heterocycles. The molecule has 0 fully saturated rings. The molecule has 0 atom stereocenters. The molecular weight excluding hydrogens is 352 g/mol. The van der Waals surface area contributed by atoms with E-state index in [4.69, 9.17) is 16.9 Å². The Hall–Kier alpha value is -2.86. The van der Waals surface area contributed by atoms with Gasteiger partial charge in [-0.1, -0.05) is 66.2 Å². The van der Waals surface area contributed by atoms with E-state index in [0.717, 1.165) is 29.2 Å². The predicted octanol–water partition coefficient (Wildman–Crippen LogP) is 5.88. The van der Waals surface area contributed by atoms with E-state index in [2.05, 4.69) is 48.4 Å². The molecule has 134 valence electrons. The molecule has 27 heavy (non-hydrogen) atoms. The van der Waals surface area contributed by atoms with Gasteiger partial charge in [0, 0.05) is 18.1 Å². The lowest BCUT2D eigenvalue weighted by Crippen LogP contribution is -2.20. The van der Waals surface area contributed by atoms with Crippen LogP contribution in [0.2, 0.25) is 5.02 Å². The molecule has 0 N–H and O–H groups in total. The molecule has 0 bridgehead atoms. The minimum absolute atomic E-state index is 0.669. The number of nitriles is 1. The number of hydrogen-bond donors (Lipinski definition) is 0. The predicted molar refractivity (Wildman–Crippen MR) is 113 cm³/mol. The Kier molecular flexibility index (Phi) is 6.44. The van der Waals surface area contributed by atoms with Gasteiger partial charge in [0.1, 0.15) is 0 Å². The lowest BCUT2D eigenvalue weighted by atomic mass is 10.0. The van der Waals surface area contributed by atoms with E-state index in [9.17, 15) is 0 Å². The van der Waals surface area contributed by atoms with Gasteiger partial charge in [-0.2, -0.15) is 5.26 Å². The minimum atomic E-state index is 0.669. The van der Waals surface area contributed by atoms with E-state index in [1.807, 2.05) is 54.6 Å². The molecule has 0 aliphatic rings. The van der Waals surface area contributed by atoms with Crippen molar-refractivity contribution in [2.24, 2.45) is 0 Å². The van der Waals surface area contributed by atoms with Crippen LogP contribution in [0.4, 0.5) is 0 Å². The lowest BCUT2D eigenvalue weighted by Gasteiger charge is -2.19. The molecule has 0 saturated carbocycles. The van der Waals surface area contributed by atoms with Crippen molar-refractivity contribution in [3.8, 4) is 6.07 Å². The normalized spacial score (nSPS) is 11.4. The van der Waals surface area contributed by atoms with Crippen LogP contribution in [0.15, 0.2) is 78.9 Å². The SMILES string of the molecule is CN(C/C(=C/c1ccc(Cl)cc1)c1ccc(C#N)cc1)Cc1ccccc1. The lowest BCUT2D eigenvalue weighted by molar-refractivity contribution is 0.369. The van der Waals surface area contributed by atoms with Crippen LogP contribution in [0.25, 0.3) is 11.6 Å². The molecule has 0 amide bonds. The van der Waals surface area contributed by atoms with Crippen molar-refractivity contribution < 1.29 is 0 Å². The number of hydrogen-bond acceptors (Lipinski definition) is 2. The summed E-state index contributed by atoms with van der Waals surface area (Å²) in [5, 5.41) is 9.78. The molecule has 3 aromatic carbocycles. The fraction of sp³-hybridized carbons (Fsp3) is 0.125. The maximum absolute atomic E-state index is 9.05. The van der Waals surface area contributed by atoms with Crippen molar-refractivity contribution in [3.05, 3.63) is 106 Å². The zero-order valence-electron chi connectivity index (χ0n) is 15.3. The number of halogens is 1. The average molecular weight is 373 g/mol. The van der Waals surface area contributed by atoms with Crippen LogP contribution in [0.1, 0.15) is 22.3 Å². The highest BCUT2D eigenvalue weighted by atomic mass is 35.5. The molecule has 0 aliphatic carbocycles. The monoisotopic (exact) mass is 372 g/mol. The van der Waals surface area contributed by atoms with E-state index < -0.39 is 0 Å². The third-order valence-electron chi connectivity index (χ3n) is 4.33. The summed E-state index contributed by atoms with van der Waals surface area (Å²) >= 11 is 6.01. The van der Waals surface area contributed by atoms with Crippen LogP contribution in [-0.2, 0) is 6.54 Å². The molecule has 3 aromatic rings. The Bertz CT molecular complexity index is 936. The highest BCUT2D eigenvalue weighted by Gasteiger charge is 2.08. The second-order valence-corrected chi connectivity index (χ2v) is 7.00. The van der Waals surface area contributed by atoms with Crippen LogP contribution in [0.3, 0.4) is 0 Å². The van der Waals surface area contributed by atoms with Crippen LogP contribution in [0.5, 0.6) is 0 Å². The molecule has 0 saturated heterocycles. The van der Waals surface area contributed by atoms with Gasteiger partial charge in [-0.15, -0.1) is 0 Å². The Morgan fingerprint density at radius 3 is 2.26 bits per heavy atom. The van der Waals surface area contributed by atoms with E-state index in [0.29, 0.717) is 5.56 Å². The highest BCUT2D eigenvalue weighted by Crippen LogP contribution is 2.22. The van der Waals surface area contributed by atoms with Gasteiger partial charge >= 0.3 is 0 Å². The van der Waals surface area contributed by atoms with E-state index >= 15 is 0 Å². The fourth-order valence-corrected chi connectivity index (χ4v) is 3.11. The first kappa shape index (κ1) is 18.9. The Morgan fingerprint density at radius 2 is 1.63 bits per heavy atom. The van der Waals surface area contributed by atoms with Gasteiger partial charge < -0.3 is 0 Å². The maximum atomic E-state index is 9.05. The Balaban J connectivity index is 1.86. The molecule has 0 aromatic heterocycles. The van der Waals surface area contributed by atoms with Crippen molar-refractivity contribution >= 4 is 23.3 Å². The number of benzene rings is 3. The van der Waals surface area contributed by atoms with E-state index in [1.165, 1.54) is 11.1 Å². The zero-order valence-corrected chi connectivity index (χ0v) is 16.0. The smallest absolute Gasteiger partial charge is 0.0991 e.